The van der Waals surface area contributed by atoms with Crippen molar-refractivity contribution in [3.8, 4) is 0 Å². The maximum atomic E-state index is 12.1. The zero-order valence-corrected chi connectivity index (χ0v) is 11.6. The number of carboxylic acid groups (broad SMARTS) is 1. The second-order valence-electron chi connectivity index (χ2n) is 4.41. The topological polar surface area (TPSA) is 99.6 Å². The molecule has 2 N–H and O–H groups in total. The maximum Gasteiger partial charge on any atom is 0.354 e. The van der Waals surface area contributed by atoms with E-state index in [-0.39, 0.29) is 29.8 Å². The lowest BCUT2D eigenvalue weighted by molar-refractivity contribution is -0.124. The molecule has 1 rings (SSSR count). The van der Waals surface area contributed by atoms with Gasteiger partial charge in [-0.2, -0.15) is 0 Å². The lowest BCUT2D eigenvalue weighted by atomic mass is 10.1. The van der Waals surface area contributed by atoms with Crippen molar-refractivity contribution in [1.29, 1.82) is 0 Å². The number of hydrogen-bond acceptors (Lipinski definition) is 4. The Morgan fingerprint density at radius 1 is 1.35 bits per heavy atom. The third-order valence-electron chi connectivity index (χ3n) is 2.78. The molecule has 0 aliphatic carbocycles. The third kappa shape index (κ3) is 3.78. The van der Waals surface area contributed by atoms with Gasteiger partial charge in [0.15, 0.2) is 0 Å². The number of nitrogens with one attached hydrogen (secondary N) is 1. The number of amides is 2. The number of hydrogen-bond donors (Lipinski definition) is 2. The molecule has 7 heteroatoms. The molecule has 20 heavy (non-hydrogen) atoms. The quantitative estimate of drug-likeness (QED) is 0.804. The molecule has 1 unspecified atom stereocenters. The predicted octanol–water partition coefficient (Wildman–Crippen LogP) is 0.234. The van der Waals surface area contributed by atoms with Crippen LogP contribution in [0, 0.1) is 5.92 Å². The van der Waals surface area contributed by atoms with E-state index in [1.807, 2.05) is 0 Å². The fourth-order valence-corrected chi connectivity index (χ4v) is 1.69. The standard InChI is InChI=1S/C13H17N3O4/c1-8(11(17)14-2)7-16(3)12(18)9-5-4-6-10(15-9)13(19)20/h4-6,8H,7H2,1-3H3,(H,14,17)(H,19,20). The molecule has 0 aliphatic rings. The van der Waals surface area contributed by atoms with Crippen LogP contribution in [0.2, 0.25) is 0 Å². The summed E-state index contributed by atoms with van der Waals surface area (Å²) in [5, 5.41) is 11.3. The van der Waals surface area contributed by atoms with Crippen molar-refractivity contribution in [1.82, 2.24) is 15.2 Å². The Hall–Kier alpha value is -2.44. The molecule has 0 fully saturated rings. The van der Waals surface area contributed by atoms with Crippen molar-refractivity contribution in [2.45, 2.75) is 6.92 Å². The van der Waals surface area contributed by atoms with Gasteiger partial charge in [-0.1, -0.05) is 13.0 Å². The van der Waals surface area contributed by atoms with E-state index in [9.17, 15) is 14.4 Å². The molecule has 0 radical (unpaired) electrons. The van der Waals surface area contributed by atoms with Crippen LogP contribution in [0.5, 0.6) is 0 Å². The second kappa shape index (κ2) is 6.65. The summed E-state index contributed by atoms with van der Waals surface area (Å²) in [4.78, 5) is 39.4. The average Bonchev–Trinajstić information content (AvgIpc) is 2.45. The van der Waals surface area contributed by atoms with Gasteiger partial charge < -0.3 is 15.3 Å². The van der Waals surface area contributed by atoms with Crippen molar-refractivity contribution < 1.29 is 19.5 Å². The SMILES string of the molecule is CNC(=O)C(C)CN(C)C(=O)c1cccc(C(=O)O)n1. The van der Waals surface area contributed by atoms with Crippen molar-refractivity contribution in [3.63, 3.8) is 0 Å². The van der Waals surface area contributed by atoms with Crippen LogP contribution in [0.3, 0.4) is 0 Å². The van der Waals surface area contributed by atoms with Crippen LogP contribution < -0.4 is 5.32 Å². The third-order valence-corrected chi connectivity index (χ3v) is 2.78. The molecule has 0 saturated carbocycles. The van der Waals surface area contributed by atoms with Crippen LogP contribution in [-0.4, -0.2) is 53.4 Å². The normalized spacial score (nSPS) is 11.6. The van der Waals surface area contributed by atoms with E-state index in [1.54, 1.807) is 6.92 Å². The van der Waals surface area contributed by atoms with Crippen LogP contribution >= 0.6 is 0 Å². The Kier molecular flexibility index (Phi) is 5.19. The van der Waals surface area contributed by atoms with Gasteiger partial charge in [-0.15, -0.1) is 0 Å². The van der Waals surface area contributed by atoms with Gasteiger partial charge in [0.2, 0.25) is 5.91 Å². The second-order valence-corrected chi connectivity index (χ2v) is 4.41. The van der Waals surface area contributed by atoms with Crippen LogP contribution in [0.15, 0.2) is 18.2 Å². The number of carbonyl (C=O) groups is 3. The van der Waals surface area contributed by atoms with Crippen molar-refractivity contribution >= 4 is 17.8 Å². The summed E-state index contributed by atoms with van der Waals surface area (Å²) in [5.74, 6) is -2.15. The minimum absolute atomic E-state index is 0.0384. The minimum atomic E-state index is -1.19. The number of aromatic carboxylic acids is 1. The van der Waals surface area contributed by atoms with Gasteiger partial charge >= 0.3 is 5.97 Å². The lowest BCUT2D eigenvalue weighted by Gasteiger charge is -2.20. The van der Waals surface area contributed by atoms with Crippen molar-refractivity contribution in [3.05, 3.63) is 29.6 Å². The molecule has 0 saturated heterocycles. The number of carbonyl (C=O) groups excluding carboxylic acids is 2. The summed E-state index contributed by atoms with van der Waals surface area (Å²) in [7, 11) is 3.06. The fraction of sp³-hybridized carbons (Fsp3) is 0.385. The average molecular weight is 279 g/mol. The predicted molar refractivity (Wildman–Crippen MR) is 71.4 cm³/mol. The van der Waals surface area contributed by atoms with E-state index in [0.717, 1.165) is 0 Å². The van der Waals surface area contributed by atoms with Gasteiger partial charge in [0.05, 0.1) is 5.92 Å². The molecule has 1 heterocycles. The Morgan fingerprint density at radius 2 is 1.95 bits per heavy atom. The summed E-state index contributed by atoms with van der Waals surface area (Å²) in [6.07, 6.45) is 0. The molecule has 2 amide bonds. The zero-order valence-electron chi connectivity index (χ0n) is 11.6. The smallest absolute Gasteiger partial charge is 0.354 e. The lowest BCUT2D eigenvalue weighted by Crippen LogP contribution is -2.37. The Bertz CT molecular complexity index is 530. The van der Waals surface area contributed by atoms with E-state index < -0.39 is 11.9 Å². The summed E-state index contributed by atoms with van der Waals surface area (Å²) in [6.45, 7) is 1.92. The van der Waals surface area contributed by atoms with Gasteiger partial charge in [0.25, 0.3) is 5.91 Å². The van der Waals surface area contributed by atoms with Crippen LogP contribution in [0.4, 0.5) is 0 Å². The van der Waals surface area contributed by atoms with E-state index in [0.29, 0.717) is 0 Å². The fourth-order valence-electron chi connectivity index (χ4n) is 1.69. The highest BCUT2D eigenvalue weighted by Crippen LogP contribution is 2.06. The molecule has 1 aromatic heterocycles. The number of aromatic nitrogens is 1. The van der Waals surface area contributed by atoms with Gasteiger partial charge in [-0.05, 0) is 12.1 Å². The number of carboxylic acids is 1. The largest absolute Gasteiger partial charge is 0.477 e. The molecule has 0 aliphatic heterocycles. The first-order valence-electron chi connectivity index (χ1n) is 6.04. The Labute approximate surface area is 116 Å². The Balaban J connectivity index is 2.81. The van der Waals surface area contributed by atoms with Gasteiger partial charge in [-0.25, -0.2) is 9.78 Å². The zero-order chi connectivity index (χ0) is 15.3. The van der Waals surface area contributed by atoms with Crippen LogP contribution in [0.1, 0.15) is 27.9 Å². The Morgan fingerprint density at radius 3 is 2.50 bits per heavy atom. The number of rotatable bonds is 5. The highest BCUT2D eigenvalue weighted by atomic mass is 16.4. The number of nitrogens with zero attached hydrogens (tertiary/aromatic N) is 2. The highest BCUT2D eigenvalue weighted by molar-refractivity contribution is 5.94. The van der Waals surface area contributed by atoms with E-state index in [4.69, 9.17) is 5.11 Å². The monoisotopic (exact) mass is 279 g/mol. The minimum Gasteiger partial charge on any atom is -0.477 e. The molecule has 7 nitrogen and oxygen atoms in total. The first-order valence-corrected chi connectivity index (χ1v) is 6.04. The molecule has 108 valence electrons. The molecule has 0 aromatic carbocycles. The molecule has 0 bridgehead atoms. The molecular weight excluding hydrogens is 262 g/mol. The molecular formula is C13H17N3O4. The van der Waals surface area contributed by atoms with Gasteiger partial charge in [-0.3, -0.25) is 9.59 Å². The van der Waals surface area contributed by atoms with Crippen LogP contribution in [0.25, 0.3) is 0 Å². The van der Waals surface area contributed by atoms with E-state index in [2.05, 4.69) is 10.3 Å². The molecule has 1 atom stereocenters. The van der Waals surface area contributed by atoms with Crippen LogP contribution in [-0.2, 0) is 4.79 Å². The summed E-state index contributed by atoms with van der Waals surface area (Å²) in [5.41, 5.74) is -0.153. The van der Waals surface area contributed by atoms with E-state index >= 15 is 0 Å². The highest BCUT2D eigenvalue weighted by Gasteiger charge is 2.20. The summed E-state index contributed by atoms with van der Waals surface area (Å²) < 4.78 is 0. The summed E-state index contributed by atoms with van der Waals surface area (Å²) in [6, 6.07) is 4.21. The van der Waals surface area contributed by atoms with Crippen molar-refractivity contribution in [2.24, 2.45) is 5.92 Å². The first-order chi connectivity index (χ1) is 9.36. The first kappa shape index (κ1) is 15.6. The molecule has 1 aromatic rings. The van der Waals surface area contributed by atoms with Gasteiger partial charge in [0, 0.05) is 20.6 Å². The van der Waals surface area contributed by atoms with Crippen molar-refractivity contribution in [2.75, 3.05) is 20.6 Å². The van der Waals surface area contributed by atoms with Gasteiger partial charge in [0.1, 0.15) is 11.4 Å². The number of pyridine rings is 1. The van der Waals surface area contributed by atoms with E-state index in [1.165, 1.54) is 37.2 Å². The summed E-state index contributed by atoms with van der Waals surface area (Å²) >= 11 is 0. The maximum absolute atomic E-state index is 12.1. The molecule has 0 spiro atoms.